The number of rotatable bonds is 2. The third-order valence-electron chi connectivity index (χ3n) is 2.42. The van der Waals surface area contributed by atoms with Crippen LogP contribution in [0.2, 0.25) is 0 Å². The SMILES string of the molecule is Cc1cc(N2CCOCC2)sc1C(=O)O. The number of aryl methyl sites for hydroxylation is 1. The molecule has 1 aromatic rings. The number of thiophene rings is 1. The van der Waals surface area contributed by atoms with Gasteiger partial charge in [0.1, 0.15) is 4.88 Å². The molecule has 1 aromatic heterocycles. The molecule has 2 heterocycles. The molecule has 4 nitrogen and oxygen atoms in total. The number of ether oxygens (including phenoxy) is 1. The summed E-state index contributed by atoms with van der Waals surface area (Å²) in [6, 6.07) is 1.94. The zero-order chi connectivity index (χ0) is 10.8. The highest BCUT2D eigenvalue weighted by Gasteiger charge is 2.17. The third-order valence-corrected chi connectivity index (χ3v) is 3.71. The molecular weight excluding hydrogens is 214 g/mol. The van der Waals surface area contributed by atoms with Gasteiger partial charge < -0.3 is 14.7 Å². The highest BCUT2D eigenvalue weighted by Crippen LogP contribution is 2.30. The van der Waals surface area contributed by atoms with Crippen LogP contribution in [0.3, 0.4) is 0 Å². The zero-order valence-corrected chi connectivity index (χ0v) is 9.34. The van der Waals surface area contributed by atoms with Crippen molar-refractivity contribution in [2.24, 2.45) is 0 Å². The second-order valence-electron chi connectivity index (χ2n) is 3.50. The van der Waals surface area contributed by atoms with Gasteiger partial charge in [-0.2, -0.15) is 0 Å². The lowest BCUT2D eigenvalue weighted by atomic mass is 10.3. The summed E-state index contributed by atoms with van der Waals surface area (Å²) in [7, 11) is 0. The van der Waals surface area contributed by atoms with Crippen molar-refractivity contribution in [1.82, 2.24) is 0 Å². The first-order valence-electron chi connectivity index (χ1n) is 4.85. The summed E-state index contributed by atoms with van der Waals surface area (Å²) in [5.41, 5.74) is 0.842. The Morgan fingerprint density at radius 1 is 1.53 bits per heavy atom. The summed E-state index contributed by atoms with van der Waals surface area (Å²) < 4.78 is 5.25. The minimum absolute atomic E-state index is 0.441. The first-order chi connectivity index (χ1) is 7.18. The van der Waals surface area contributed by atoms with Crippen LogP contribution in [0.25, 0.3) is 0 Å². The second-order valence-corrected chi connectivity index (χ2v) is 4.53. The van der Waals surface area contributed by atoms with Gasteiger partial charge in [-0.25, -0.2) is 4.79 Å². The predicted octanol–water partition coefficient (Wildman–Crippen LogP) is 1.59. The van der Waals surface area contributed by atoms with E-state index in [1.165, 1.54) is 11.3 Å². The molecular formula is C10H13NO3S. The van der Waals surface area contributed by atoms with Gasteiger partial charge in [0.05, 0.1) is 18.2 Å². The number of carboxylic acid groups (broad SMARTS) is 1. The van der Waals surface area contributed by atoms with Crippen molar-refractivity contribution < 1.29 is 14.6 Å². The molecule has 2 rings (SSSR count). The van der Waals surface area contributed by atoms with E-state index in [4.69, 9.17) is 9.84 Å². The summed E-state index contributed by atoms with van der Waals surface area (Å²) in [5.74, 6) is -0.836. The van der Waals surface area contributed by atoms with Crippen LogP contribution in [0.1, 0.15) is 15.2 Å². The smallest absolute Gasteiger partial charge is 0.346 e. The van der Waals surface area contributed by atoms with Gasteiger partial charge in [0.2, 0.25) is 0 Å². The molecule has 1 aliphatic heterocycles. The van der Waals surface area contributed by atoms with Gasteiger partial charge >= 0.3 is 5.97 Å². The Bertz CT molecular complexity index is 369. The Kier molecular flexibility index (Phi) is 2.93. The third kappa shape index (κ3) is 2.13. The lowest BCUT2D eigenvalue weighted by molar-refractivity contribution is 0.0701. The molecule has 1 aliphatic rings. The molecule has 0 amide bonds. The Morgan fingerprint density at radius 3 is 2.73 bits per heavy atom. The van der Waals surface area contributed by atoms with E-state index < -0.39 is 5.97 Å². The molecule has 1 N–H and O–H groups in total. The van der Waals surface area contributed by atoms with Crippen molar-refractivity contribution in [3.8, 4) is 0 Å². The Morgan fingerprint density at radius 2 is 2.20 bits per heavy atom. The minimum Gasteiger partial charge on any atom is -0.477 e. The molecule has 0 unspecified atom stereocenters. The van der Waals surface area contributed by atoms with Crippen molar-refractivity contribution in [3.05, 3.63) is 16.5 Å². The number of morpholine rings is 1. The summed E-state index contributed by atoms with van der Waals surface area (Å²) in [6.45, 7) is 4.97. The fourth-order valence-electron chi connectivity index (χ4n) is 1.62. The molecule has 0 aliphatic carbocycles. The summed E-state index contributed by atoms with van der Waals surface area (Å²) in [4.78, 5) is 13.5. The van der Waals surface area contributed by atoms with E-state index in [2.05, 4.69) is 4.90 Å². The number of carboxylic acids is 1. The molecule has 1 fully saturated rings. The average Bonchev–Trinajstić information content (AvgIpc) is 2.62. The maximum atomic E-state index is 10.9. The van der Waals surface area contributed by atoms with Crippen LogP contribution in [0, 0.1) is 6.92 Å². The molecule has 0 aromatic carbocycles. The molecule has 5 heteroatoms. The molecule has 0 atom stereocenters. The maximum Gasteiger partial charge on any atom is 0.346 e. The number of nitrogens with zero attached hydrogens (tertiary/aromatic N) is 1. The van der Waals surface area contributed by atoms with Crippen LogP contribution in [-0.2, 0) is 4.74 Å². The van der Waals surface area contributed by atoms with E-state index >= 15 is 0 Å². The summed E-state index contributed by atoms with van der Waals surface area (Å²) in [6.07, 6.45) is 0. The minimum atomic E-state index is -0.836. The van der Waals surface area contributed by atoms with E-state index in [1.807, 2.05) is 13.0 Å². The molecule has 0 spiro atoms. The van der Waals surface area contributed by atoms with Crippen LogP contribution in [0.5, 0.6) is 0 Å². The number of aromatic carboxylic acids is 1. The first-order valence-corrected chi connectivity index (χ1v) is 5.66. The number of hydrogen-bond donors (Lipinski definition) is 1. The predicted molar refractivity (Wildman–Crippen MR) is 59.0 cm³/mol. The van der Waals surface area contributed by atoms with E-state index in [0.717, 1.165) is 36.9 Å². The van der Waals surface area contributed by atoms with E-state index in [-0.39, 0.29) is 0 Å². The van der Waals surface area contributed by atoms with Gasteiger partial charge in [0.25, 0.3) is 0 Å². The normalized spacial score (nSPS) is 16.7. The lowest BCUT2D eigenvalue weighted by Gasteiger charge is -2.27. The number of anilines is 1. The van der Waals surface area contributed by atoms with Crippen LogP contribution < -0.4 is 4.90 Å². The van der Waals surface area contributed by atoms with Gasteiger partial charge in [0.15, 0.2) is 0 Å². The van der Waals surface area contributed by atoms with Crippen LogP contribution >= 0.6 is 11.3 Å². The van der Waals surface area contributed by atoms with Crippen LogP contribution in [0.4, 0.5) is 5.00 Å². The zero-order valence-electron chi connectivity index (χ0n) is 8.52. The molecule has 1 saturated heterocycles. The van der Waals surface area contributed by atoms with Crippen LogP contribution in [-0.4, -0.2) is 37.4 Å². The second kappa shape index (κ2) is 4.20. The summed E-state index contributed by atoms with van der Waals surface area (Å²) >= 11 is 1.34. The number of carbonyl (C=O) groups is 1. The van der Waals surface area contributed by atoms with Gasteiger partial charge in [-0.05, 0) is 18.6 Å². The highest BCUT2D eigenvalue weighted by atomic mass is 32.1. The molecule has 82 valence electrons. The first kappa shape index (κ1) is 10.4. The van der Waals surface area contributed by atoms with Crippen LogP contribution in [0.15, 0.2) is 6.07 Å². The van der Waals surface area contributed by atoms with Gasteiger partial charge in [0, 0.05) is 13.1 Å². The lowest BCUT2D eigenvalue weighted by Crippen LogP contribution is -2.35. The Hall–Kier alpha value is -1.07. The molecule has 15 heavy (non-hydrogen) atoms. The van der Waals surface area contributed by atoms with Crippen molar-refractivity contribution in [1.29, 1.82) is 0 Å². The van der Waals surface area contributed by atoms with Gasteiger partial charge in [-0.3, -0.25) is 0 Å². The largest absolute Gasteiger partial charge is 0.477 e. The van der Waals surface area contributed by atoms with E-state index in [1.54, 1.807) is 0 Å². The van der Waals surface area contributed by atoms with Crippen molar-refractivity contribution in [2.45, 2.75) is 6.92 Å². The Balaban J connectivity index is 2.21. The monoisotopic (exact) mass is 227 g/mol. The van der Waals surface area contributed by atoms with Crippen molar-refractivity contribution in [3.63, 3.8) is 0 Å². The average molecular weight is 227 g/mol. The topological polar surface area (TPSA) is 49.8 Å². The van der Waals surface area contributed by atoms with Crippen molar-refractivity contribution >= 4 is 22.3 Å². The van der Waals surface area contributed by atoms with Gasteiger partial charge in [-0.1, -0.05) is 0 Å². The quantitative estimate of drug-likeness (QED) is 0.833. The highest BCUT2D eigenvalue weighted by molar-refractivity contribution is 7.18. The van der Waals surface area contributed by atoms with E-state index in [9.17, 15) is 4.79 Å². The van der Waals surface area contributed by atoms with Gasteiger partial charge in [-0.15, -0.1) is 11.3 Å². The summed E-state index contributed by atoms with van der Waals surface area (Å²) in [5, 5.41) is 9.98. The van der Waals surface area contributed by atoms with E-state index in [0.29, 0.717) is 4.88 Å². The maximum absolute atomic E-state index is 10.9. The molecule has 0 saturated carbocycles. The fraction of sp³-hybridized carbons (Fsp3) is 0.500. The standard InChI is InChI=1S/C10H13NO3S/c1-7-6-8(15-9(7)10(12)13)11-2-4-14-5-3-11/h6H,2-5H2,1H3,(H,12,13). The van der Waals surface area contributed by atoms with Crippen molar-refractivity contribution in [2.75, 3.05) is 31.2 Å². The molecule has 0 bridgehead atoms. The fourth-order valence-corrected chi connectivity index (χ4v) is 2.68. The molecule has 0 radical (unpaired) electrons. The Labute approximate surface area is 92.1 Å². The number of hydrogen-bond acceptors (Lipinski definition) is 4.